The number of rotatable bonds is 5. The van der Waals surface area contributed by atoms with Gasteiger partial charge in [-0.05, 0) is 47.5 Å². The third kappa shape index (κ3) is 4.04. The smallest absolute Gasteiger partial charge is 0.255 e. The molecule has 0 saturated heterocycles. The Labute approximate surface area is 177 Å². The molecule has 4 nitrogen and oxygen atoms in total. The molecular formula is C23H17ClF2N2O2. The van der Waals surface area contributed by atoms with Gasteiger partial charge in [0, 0.05) is 17.8 Å². The van der Waals surface area contributed by atoms with E-state index < -0.39 is 17.7 Å². The lowest BCUT2D eigenvalue weighted by Crippen LogP contribution is -2.32. The van der Waals surface area contributed by atoms with Gasteiger partial charge in [0.1, 0.15) is 11.6 Å². The van der Waals surface area contributed by atoms with Crippen LogP contribution in [0.2, 0.25) is 5.02 Å². The molecule has 152 valence electrons. The van der Waals surface area contributed by atoms with E-state index in [1.54, 1.807) is 29.2 Å². The van der Waals surface area contributed by atoms with Crippen LogP contribution >= 0.6 is 11.6 Å². The van der Waals surface area contributed by atoms with Gasteiger partial charge in [0.2, 0.25) is 5.91 Å². The molecular weight excluding hydrogens is 410 g/mol. The van der Waals surface area contributed by atoms with Gasteiger partial charge in [-0.25, -0.2) is 8.78 Å². The molecule has 1 atom stereocenters. The number of hydrogen-bond donors (Lipinski definition) is 1. The minimum atomic E-state index is -0.596. The monoisotopic (exact) mass is 426 g/mol. The number of halogens is 3. The second-order valence-electron chi connectivity index (χ2n) is 7.04. The molecule has 0 fully saturated rings. The predicted molar refractivity (Wildman–Crippen MR) is 110 cm³/mol. The van der Waals surface area contributed by atoms with E-state index in [1.807, 2.05) is 12.1 Å². The molecule has 0 aromatic heterocycles. The lowest BCUT2D eigenvalue weighted by molar-refractivity contribution is -0.117. The maximum Gasteiger partial charge on any atom is 0.255 e. The average Bonchev–Trinajstić information content (AvgIpc) is 3.06. The van der Waals surface area contributed by atoms with Gasteiger partial charge in [0.05, 0.1) is 17.5 Å². The standard InChI is InChI=1S/C23H17ClF2N2O2/c24-19-11-17(9-10-20(19)26)27-22(29)12-21(14-5-7-16(25)8-6-14)28-13-15-3-1-2-4-18(15)23(28)30/h1-11,21H,12-13H2,(H,27,29)/t21-/m1/s1. The minimum Gasteiger partial charge on any atom is -0.327 e. The van der Waals surface area contributed by atoms with Crippen LogP contribution in [-0.2, 0) is 11.3 Å². The van der Waals surface area contributed by atoms with Gasteiger partial charge in [0.25, 0.3) is 5.91 Å². The van der Waals surface area contributed by atoms with Crippen molar-refractivity contribution in [3.8, 4) is 0 Å². The van der Waals surface area contributed by atoms with Gasteiger partial charge in [-0.2, -0.15) is 0 Å². The Kier molecular flexibility index (Phi) is 5.50. The predicted octanol–water partition coefficient (Wildman–Crippen LogP) is 5.34. The SMILES string of the molecule is O=C(C[C@H](c1ccc(F)cc1)N1Cc2ccccc2C1=O)Nc1ccc(F)c(Cl)c1. The Balaban J connectivity index is 1.60. The summed E-state index contributed by atoms with van der Waals surface area (Å²) in [6.45, 7) is 0.354. The first-order valence-corrected chi connectivity index (χ1v) is 9.69. The van der Waals surface area contributed by atoms with Gasteiger partial charge >= 0.3 is 0 Å². The number of nitrogens with zero attached hydrogens (tertiary/aromatic N) is 1. The van der Waals surface area contributed by atoms with Crippen molar-refractivity contribution in [3.05, 3.63) is 100 Å². The zero-order valence-electron chi connectivity index (χ0n) is 15.7. The summed E-state index contributed by atoms with van der Waals surface area (Å²) in [5, 5.41) is 2.58. The molecule has 7 heteroatoms. The van der Waals surface area contributed by atoms with Crippen LogP contribution in [0, 0.1) is 11.6 Å². The molecule has 1 heterocycles. The van der Waals surface area contributed by atoms with Crippen LogP contribution in [0.25, 0.3) is 0 Å². The fourth-order valence-corrected chi connectivity index (χ4v) is 3.76. The Hall–Kier alpha value is -3.25. The number of fused-ring (bicyclic) bond motifs is 1. The molecule has 1 N–H and O–H groups in total. The van der Waals surface area contributed by atoms with Crippen molar-refractivity contribution in [1.29, 1.82) is 0 Å². The molecule has 0 spiro atoms. The van der Waals surface area contributed by atoms with Gasteiger partial charge in [-0.1, -0.05) is 41.9 Å². The first-order valence-electron chi connectivity index (χ1n) is 9.31. The van der Waals surface area contributed by atoms with Gasteiger partial charge in [-0.15, -0.1) is 0 Å². The maximum absolute atomic E-state index is 13.4. The highest BCUT2D eigenvalue weighted by Crippen LogP contribution is 2.34. The lowest BCUT2D eigenvalue weighted by Gasteiger charge is -2.28. The number of amides is 2. The molecule has 1 aliphatic heterocycles. The van der Waals surface area contributed by atoms with Crippen LogP contribution in [0.1, 0.15) is 33.9 Å². The van der Waals surface area contributed by atoms with Crippen molar-refractivity contribution in [3.63, 3.8) is 0 Å². The molecule has 3 aromatic rings. The quantitative estimate of drug-likeness (QED) is 0.598. The Morgan fingerprint density at radius 3 is 2.50 bits per heavy atom. The van der Waals surface area contributed by atoms with Crippen LogP contribution in [0.4, 0.5) is 14.5 Å². The van der Waals surface area contributed by atoms with E-state index in [0.29, 0.717) is 23.4 Å². The summed E-state index contributed by atoms with van der Waals surface area (Å²) < 4.78 is 26.8. The molecule has 0 saturated carbocycles. The fourth-order valence-electron chi connectivity index (χ4n) is 3.58. The Morgan fingerprint density at radius 1 is 1.07 bits per heavy atom. The van der Waals surface area contributed by atoms with E-state index in [9.17, 15) is 18.4 Å². The van der Waals surface area contributed by atoms with E-state index >= 15 is 0 Å². The Bertz CT molecular complexity index is 1120. The number of carbonyl (C=O) groups is 2. The van der Waals surface area contributed by atoms with E-state index in [2.05, 4.69) is 5.32 Å². The van der Waals surface area contributed by atoms with Crippen molar-refractivity contribution in [1.82, 2.24) is 4.90 Å². The highest BCUT2D eigenvalue weighted by atomic mass is 35.5. The summed E-state index contributed by atoms with van der Waals surface area (Å²) >= 11 is 5.77. The van der Waals surface area contributed by atoms with Crippen molar-refractivity contribution in [2.45, 2.75) is 19.0 Å². The van der Waals surface area contributed by atoms with Crippen LogP contribution in [0.3, 0.4) is 0 Å². The van der Waals surface area contributed by atoms with Crippen molar-refractivity contribution in [2.24, 2.45) is 0 Å². The van der Waals surface area contributed by atoms with E-state index in [0.717, 1.165) is 11.6 Å². The highest BCUT2D eigenvalue weighted by molar-refractivity contribution is 6.31. The van der Waals surface area contributed by atoms with Crippen molar-refractivity contribution in [2.75, 3.05) is 5.32 Å². The molecule has 3 aromatic carbocycles. The molecule has 4 rings (SSSR count). The van der Waals surface area contributed by atoms with Gasteiger partial charge in [0.15, 0.2) is 0 Å². The first kappa shape index (κ1) is 20.0. The van der Waals surface area contributed by atoms with Crippen LogP contribution in [0.5, 0.6) is 0 Å². The van der Waals surface area contributed by atoms with E-state index in [4.69, 9.17) is 11.6 Å². The third-order valence-electron chi connectivity index (χ3n) is 5.06. The largest absolute Gasteiger partial charge is 0.327 e. The average molecular weight is 427 g/mol. The number of hydrogen-bond acceptors (Lipinski definition) is 2. The topological polar surface area (TPSA) is 49.4 Å². The molecule has 0 aliphatic carbocycles. The maximum atomic E-state index is 13.4. The Morgan fingerprint density at radius 2 is 1.80 bits per heavy atom. The summed E-state index contributed by atoms with van der Waals surface area (Å²) in [5.74, 6) is -1.55. The molecule has 0 radical (unpaired) electrons. The van der Waals surface area contributed by atoms with E-state index in [1.165, 1.54) is 24.3 Å². The van der Waals surface area contributed by atoms with Crippen LogP contribution in [0.15, 0.2) is 66.7 Å². The summed E-state index contributed by atoms with van der Waals surface area (Å²) in [5.41, 5.74) is 2.46. The van der Waals surface area contributed by atoms with E-state index in [-0.39, 0.29) is 23.3 Å². The number of anilines is 1. The van der Waals surface area contributed by atoms with Crippen molar-refractivity contribution < 1.29 is 18.4 Å². The van der Waals surface area contributed by atoms with Gasteiger partial charge < -0.3 is 10.2 Å². The normalized spacial score (nSPS) is 13.8. The zero-order valence-corrected chi connectivity index (χ0v) is 16.5. The van der Waals surface area contributed by atoms with Crippen molar-refractivity contribution >= 4 is 29.1 Å². The second kappa shape index (κ2) is 8.24. The summed E-state index contributed by atoms with van der Waals surface area (Å²) in [4.78, 5) is 27.3. The fraction of sp³-hybridized carbons (Fsp3) is 0.130. The third-order valence-corrected chi connectivity index (χ3v) is 5.35. The molecule has 1 aliphatic rings. The molecule has 30 heavy (non-hydrogen) atoms. The first-order chi connectivity index (χ1) is 14.4. The molecule has 0 unspecified atom stereocenters. The summed E-state index contributed by atoms with van der Waals surface area (Å²) in [6.07, 6.45) is -0.0552. The number of benzene rings is 3. The molecule has 0 bridgehead atoms. The highest BCUT2D eigenvalue weighted by Gasteiger charge is 2.34. The van der Waals surface area contributed by atoms with Crippen LogP contribution < -0.4 is 5.32 Å². The zero-order chi connectivity index (χ0) is 21.3. The lowest BCUT2D eigenvalue weighted by atomic mass is 10.0. The summed E-state index contributed by atoms with van der Waals surface area (Å²) in [6, 6.07) is 16.3. The number of carbonyl (C=O) groups excluding carboxylic acids is 2. The minimum absolute atomic E-state index is 0.0552. The number of nitrogens with one attached hydrogen (secondary N) is 1. The molecule has 2 amide bonds. The second-order valence-corrected chi connectivity index (χ2v) is 7.45. The van der Waals surface area contributed by atoms with Crippen LogP contribution in [-0.4, -0.2) is 16.7 Å². The summed E-state index contributed by atoms with van der Waals surface area (Å²) in [7, 11) is 0. The van der Waals surface area contributed by atoms with Gasteiger partial charge in [-0.3, -0.25) is 9.59 Å².